The molecule has 0 spiro atoms. The van der Waals surface area contributed by atoms with Gasteiger partial charge in [-0.15, -0.1) is 0 Å². The zero-order valence-electron chi connectivity index (χ0n) is 11.5. The Morgan fingerprint density at radius 1 is 1.37 bits per heavy atom. The maximum absolute atomic E-state index is 13.7. The fourth-order valence-corrected chi connectivity index (χ4v) is 2.91. The van der Waals surface area contributed by atoms with Gasteiger partial charge in [-0.1, -0.05) is 31.9 Å². The van der Waals surface area contributed by atoms with Crippen molar-refractivity contribution in [1.29, 1.82) is 5.26 Å². The smallest absolute Gasteiger partial charge is 0.146 e. The summed E-state index contributed by atoms with van der Waals surface area (Å²) in [7, 11) is 0. The van der Waals surface area contributed by atoms with Crippen LogP contribution in [0, 0.1) is 23.1 Å². The predicted molar refractivity (Wildman–Crippen MR) is 75.2 cm³/mol. The Balaban J connectivity index is 2.15. The number of halogens is 1. The van der Waals surface area contributed by atoms with Gasteiger partial charge in [0, 0.05) is 0 Å². The lowest BCUT2D eigenvalue weighted by atomic mass is 9.90. The summed E-state index contributed by atoms with van der Waals surface area (Å²) < 4.78 is 13.7. The first kappa shape index (κ1) is 13.9. The molecule has 1 aliphatic rings. The first-order chi connectivity index (χ1) is 9.19. The summed E-state index contributed by atoms with van der Waals surface area (Å²) >= 11 is 0. The fourth-order valence-electron chi connectivity index (χ4n) is 2.91. The van der Waals surface area contributed by atoms with Crippen LogP contribution in [0.3, 0.4) is 0 Å². The number of nitrogens with one attached hydrogen (secondary N) is 1. The second kappa shape index (κ2) is 6.06. The van der Waals surface area contributed by atoms with E-state index in [2.05, 4.69) is 18.3 Å². The molecule has 1 fully saturated rings. The zero-order chi connectivity index (χ0) is 13.7. The molecule has 1 aromatic carbocycles. The molecule has 0 aliphatic heterocycles. The highest BCUT2D eigenvalue weighted by Gasteiger charge is 2.33. The van der Waals surface area contributed by atoms with Gasteiger partial charge in [-0.05, 0) is 43.7 Å². The Hall–Kier alpha value is -1.56. The predicted octanol–water partition coefficient (Wildman–Crippen LogP) is 4.49. The van der Waals surface area contributed by atoms with Gasteiger partial charge in [0.15, 0.2) is 0 Å². The number of anilines is 1. The van der Waals surface area contributed by atoms with Crippen LogP contribution in [0.1, 0.15) is 45.4 Å². The third kappa shape index (κ3) is 3.26. The van der Waals surface area contributed by atoms with Crippen molar-refractivity contribution in [1.82, 2.24) is 0 Å². The van der Waals surface area contributed by atoms with E-state index in [0.29, 0.717) is 11.6 Å². The fraction of sp³-hybridized carbons (Fsp3) is 0.562. The number of hydrogen-bond acceptors (Lipinski definition) is 2. The lowest BCUT2D eigenvalue weighted by Gasteiger charge is -2.28. The van der Waals surface area contributed by atoms with Gasteiger partial charge in [-0.3, -0.25) is 0 Å². The molecule has 0 radical (unpaired) electrons. The molecule has 19 heavy (non-hydrogen) atoms. The van der Waals surface area contributed by atoms with Crippen LogP contribution >= 0.6 is 0 Å². The lowest BCUT2D eigenvalue weighted by molar-refractivity contribution is 0.435. The van der Waals surface area contributed by atoms with E-state index >= 15 is 0 Å². The van der Waals surface area contributed by atoms with E-state index in [9.17, 15) is 9.65 Å². The van der Waals surface area contributed by atoms with Gasteiger partial charge in [-0.25, -0.2) is 4.39 Å². The molecule has 1 N–H and O–H groups in total. The Morgan fingerprint density at radius 2 is 2.16 bits per heavy atom. The van der Waals surface area contributed by atoms with Crippen LogP contribution in [-0.2, 0) is 0 Å². The van der Waals surface area contributed by atoms with Crippen molar-refractivity contribution < 1.29 is 4.39 Å². The second-order valence-corrected chi connectivity index (χ2v) is 5.50. The van der Waals surface area contributed by atoms with Crippen LogP contribution in [0.25, 0.3) is 0 Å². The van der Waals surface area contributed by atoms with E-state index in [4.69, 9.17) is 0 Å². The van der Waals surface area contributed by atoms with E-state index < -0.39 is 5.54 Å². The van der Waals surface area contributed by atoms with Crippen LogP contribution in [-0.4, -0.2) is 5.54 Å². The van der Waals surface area contributed by atoms with Crippen molar-refractivity contribution in [2.45, 2.75) is 51.0 Å². The minimum absolute atomic E-state index is 0.284. The summed E-state index contributed by atoms with van der Waals surface area (Å²) in [6.07, 6.45) is 6.03. The van der Waals surface area contributed by atoms with E-state index in [1.54, 1.807) is 18.2 Å². The summed E-state index contributed by atoms with van der Waals surface area (Å²) in [6.45, 7) is 2.20. The zero-order valence-corrected chi connectivity index (χ0v) is 11.5. The van der Waals surface area contributed by atoms with Gasteiger partial charge in [-0.2, -0.15) is 5.26 Å². The Bertz CT molecular complexity index is 466. The van der Waals surface area contributed by atoms with Crippen molar-refractivity contribution in [2.75, 3.05) is 5.32 Å². The number of nitrogens with zero attached hydrogens (tertiary/aromatic N) is 1. The Labute approximate surface area is 114 Å². The molecular weight excluding hydrogens is 239 g/mol. The van der Waals surface area contributed by atoms with Crippen LogP contribution in [0.15, 0.2) is 24.3 Å². The van der Waals surface area contributed by atoms with Crippen LogP contribution in [0.4, 0.5) is 10.1 Å². The molecule has 2 atom stereocenters. The van der Waals surface area contributed by atoms with E-state index in [0.717, 1.165) is 25.7 Å². The first-order valence-corrected chi connectivity index (χ1v) is 7.13. The third-order valence-corrected chi connectivity index (χ3v) is 4.23. The SMILES string of the molecule is CCC1CCCC(C#N)(Nc2ccccc2F)CC1. The van der Waals surface area contributed by atoms with Gasteiger partial charge < -0.3 is 5.32 Å². The van der Waals surface area contributed by atoms with Gasteiger partial charge in [0.25, 0.3) is 0 Å². The number of hydrogen-bond donors (Lipinski definition) is 1. The van der Waals surface area contributed by atoms with Crippen molar-refractivity contribution in [3.8, 4) is 6.07 Å². The molecule has 1 saturated carbocycles. The maximum Gasteiger partial charge on any atom is 0.146 e. The Kier molecular flexibility index (Phi) is 4.42. The van der Waals surface area contributed by atoms with Crippen LogP contribution in [0.5, 0.6) is 0 Å². The molecule has 2 unspecified atom stereocenters. The van der Waals surface area contributed by atoms with Gasteiger partial charge in [0.1, 0.15) is 11.4 Å². The Morgan fingerprint density at radius 3 is 2.84 bits per heavy atom. The molecule has 1 aliphatic carbocycles. The molecule has 0 amide bonds. The third-order valence-electron chi connectivity index (χ3n) is 4.23. The van der Waals surface area contributed by atoms with Gasteiger partial charge >= 0.3 is 0 Å². The summed E-state index contributed by atoms with van der Waals surface area (Å²) in [5.74, 6) is 0.422. The van der Waals surface area contributed by atoms with Crippen LogP contribution < -0.4 is 5.32 Å². The molecular formula is C16H21FN2. The minimum atomic E-state index is -0.605. The topological polar surface area (TPSA) is 35.8 Å². The molecule has 2 nitrogen and oxygen atoms in total. The molecule has 0 heterocycles. The lowest BCUT2D eigenvalue weighted by Crippen LogP contribution is -2.36. The summed E-state index contributed by atoms with van der Waals surface area (Å²) in [4.78, 5) is 0. The highest BCUT2D eigenvalue weighted by atomic mass is 19.1. The van der Waals surface area contributed by atoms with Crippen molar-refractivity contribution in [3.63, 3.8) is 0 Å². The van der Waals surface area contributed by atoms with Crippen LogP contribution in [0.2, 0.25) is 0 Å². The van der Waals surface area contributed by atoms with Crippen molar-refractivity contribution in [2.24, 2.45) is 5.92 Å². The number of nitriles is 1. The number of para-hydroxylation sites is 1. The monoisotopic (exact) mass is 260 g/mol. The van der Waals surface area contributed by atoms with Gasteiger partial charge in [0.05, 0.1) is 11.8 Å². The van der Waals surface area contributed by atoms with Crippen molar-refractivity contribution in [3.05, 3.63) is 30.1 Å². The molecule has 0 aromatic heterocycles. The standard InChI is InChI=1S/C16H21FN2/c1-2-13-6-5-10-16(12-18,11-9-13)19-15-8-4-3-7-14(15)17/h3-4,7-8,13,19H,2,5-6,9-11H2,1H3. The summed E-state index contributed by atoms with van der Waals surface area (Å²) in [6, 6.07) is 8.99. The first-order valence-electron chi connectivity index (χ1n) is 7.13. The highest BCUT2D eigenvalue weighted by Crippen LogP contribution is 2.34. The quantitative estimate of drug-likeness (QED) is 0.813. The second-order valence-electron chi connectivity index (χ2n) is 5.50. The molecule has 102 valence electrons. The average Bonchev–Trinajstić information content (AvgIpc) is 2.64. The number of rotatable bonds is 3. The van der Waals surface area contributed by atoms with E-state index in [1.165, 1.54) is 18.9 Å². The molecule has 0 bridgehead atoms. The van der Waals surface area contributed by atoms with E-state index in [-0.39, 0.29) is 5.82 Å². The molecule has 2 rings (SSSR count). The van der Waals surface area contributed by atoms with E-state index in [1.807, 2.05) is 0 Å². The minimum Gasteiger partial charge on any atom is -0.365 e. The van der Waals surface area contributed by atoms with Crippen molar-refractivity contribution >= 4 is 5.69 Å². The summed E-state index contributed by atoms with van der Waals surface area (Å²) in [5.41, 5.74) is -0.162. The van der Waals surface area contributed by atoms with Gasteiger partial charge in [0.2, 0.25) is 0 Å². The highest BCUT2D eigenvalue weighted by molar-refractivity contribution is 5.48. The number of benzene rings is 1. The molecule has 1 aromatic rings. The summed E-state index contributed by atoms with van der Waals surface area (Å²) in [5, 5.41) is 12.7. The molecule has 3 heteroatoms. The average molecular weight is 260 g/mol. The molecule has 0 saturated heterocycles. The normalized spacial score (nSPS) is 27.3. The maximum atomic E-state index is 13.7. The largest absolute Gasteiger partial charge is 0.365 e.